The number of furan rings is 1. The molecule has 0 N–H and O–H groups in total. The van der Waals surface area contributed by atoms with E-state index in [4.69, 9.17) is 4.42 Å². The standard InChI is InChI=1S/C17H21N3O3S/c21-24(22,20-12-4-8-16(20)17-9-5-13-23-17)19-11-3-7-15(19)14-6-1-2-10-18-14/h1-2,5-6,9-10,13,15-16H,3-4,7-8,11-12H2/t15-,16-/m0/s1. The largest absolute Gasteiger partial charge is 0.468 e. The molecule has 0 saturated carbocycles. The van der Waals surface area contributed by atoms with Gasteiger partial charge in [-0.15, -0.1) is 0 Å². The Morgan fingerprint density at radius 3 is 2.42 bits per heavy atom. The summed E-state index contributed by atoms with van der Waals surface area (Å²) >= 11 is 0. The zero-order chi connectivity index (χ0) is 16.6. The van der Waals surface area contributed by atoms with Crippen molar-refractivity contribution in [2.24, 2.45) is 0 Å². The molecule has 6 nitrogen and oxygen atoms in total. The van der Waals surface area contributed by atoms with Gasteiger partial charge in [0.05, 0.1) is 24.0 Å². The van der Waals surface area contributed by atoms with Crippen LogP contribution in [0, 0.1) is 0 Å². The van der Waals surface area contributed by atoms with Gasteiger partial charge in [0.25, 0.3) is 10.2 Å². The fraction of sp³-hybridized carbons (Fsp3) is 0.471. The molecule has 7 heteroatoms. The predicted octanol–water partition coefficient (Wildman–Crippen LogP) is 2.89. The van der Waals surface area contributed by atoms with Crippen LogP contribution in [0.15, 0.2) is 47.2 Å². The zero-order valence-corrected chi connectivity index (χ0v) is 14.2. The molecule has 4 rings (SSSR count). The van der Waals surface area contributed by atoms with Crippen LogP contribution < -0.4 is 0 Å². The van der Waals surface area contributed by atoms with Gasteiger partial charge in [-0.1, -0.05) is 6.07 Å². The fourth-order valence-corrected chi connectivity index (χ4v) is 5.86. The summed E-state index contributed by atoms with van der Waals surface area (Å²) in [7, 11) is -3.54. The van der Waals surface area contributed by atoms with Crippen LogP contribution in [0.25, 0.3) is 0 Å². The Hall–Kier alpha value is -1.70. The van der Waals surface area contributed by atoms with Crippen molar-refractivity contribution in [2.75, 3.05) is 13.1 Å². The summed E-state index contributed by atoms with van der Waals surface area (Å²) in [5.74, 6) is 0.727. The van der Waals surface area contributed by atoms with E-state index in [1.807, 2.05) is 30.3 Å². The lowest BCUT2D eigenvalue weighted by Crippen LogP contribution is -2.43. The number of pyridine rings is 1. The summed E-state index contributed by atoms with van der Waals surface area (Å²) < 4.78 is 35.3. The molecule has 2 aromatic rings. The second-order valence-electron chi connectivity index (χ2n) is 6.32. The first-order chi connectivity index (χ1) is 11.7. The Labute approximate surface area is 142 Å². The number of nitrogens with zero attached hydrogens (tertiary/aromatic N) is 3. The summed E-state index contributed by atoms with van der Waals surface area (Å²) in [5.41, 5.74) is 0.826. The molecule has 2 aromatic heterocycles. The second kappa shape index (κ2) is 6.31. The molecule has 2 aliphatic rings. The summed E-state index contributed by atoms with van der Waals surface area (Å²) in [6.45, 7) is 1.09. The van der Waals surface area contributed by atoms with E-state index in [1.54, 1.807) is 21.1 Å². The average molecular weight is 347 g/mol. The van der Waals surface area contributed by atoms with Crippen molar-refractivity contribution in [1.29, 1.82) is 0 Å². The molecule has 2 aliphatic heterocycles. The van der Waals surface area contributed by atoms with Gasteiger partial charge in [-0.05, 0) is 49.9 Å². The summed E-state index contributed by atoms with van der Waals surface area (Å²) in [6.07, 6.45) is 6.65. The van der Waals surface area contributed by atoms with Crippen LogP contribution in [-0.2, 0) is 10.2 Å². The van der Waals surface area contributed by atoms with Crippen molar-refractivity contribution in [3.63, 3.8) is 0 Å². The van der Waals surface area contributed by atoms with Crippen LogP contribution in [0.3, 0.4) is 0 Å². The monoisotopic (exact) mass is 347 g/mol. The Morgan fingerprint density at radius 1 is 1.00 bits per heavy atom. The van der Waals surface area contributed by atoms with Crippen LogP contribution in [0.5, 0.6) is 0 Å². The molecule has 0 bridgehead atoms. The highest BCUT2D eigenvalue weighted by molar-refractivity contribution is 7.86. The first kappa shape index (κ1) is 15.8. The lowest BCUT2D eigenvalue weighted by molar-refractivity contribution is 0.293. The topological polar surface area (TPSA) is 66.7 Å². The van der Waals surface area contributed by atoms with Gasteiger partial charge in [0, 0.05) is 19.3 Å². The molecule has 128 valence electrons. The Morgan fingerprint density at radius 2 is 1.75 bits per heavy atom. The lowest BCUT2D eigenvalue weighted by Gasteiger charge is -2.31. The van der Waals surface area contributed by atoms with Crippen LogP contribution in [0.2, 0.25) is 0 Å². The summed E-state index contributed by atoms with van der Waals surface area (Å²) in [6, 6.07) is 8.97. The highest BCUT2D eigenvalue weighted by Gasteiger charge is 2.44. The smallest absolute Gasteiger partial charge is 0.283 e. The van der Waals surface area contributed by atoms with E-state index in [1.165, 1.54) is 0 Å². The predicted molar refractivity (Wildman–Crippen MR) is 89.2 cm³/mol. The molecule has 0 amide bonds. The highest BCUT2D eigenvalue weighted by atomic mass is 32.2. The third-order valence-corrected chi connectivity index (χ3v) is 6.96. The Kier molecular flexibility index (Phi) is 4.15. The second-order valence-corrected chi connectivity index (χ2v) is 8.15. The number of hydrogen-bond acceptors (Lipinski definition) is 4. The number of hydrogen-bond donors (Lipinski definition) is 0. The van der Waals surface area contributed by atoms with Gasteiger partial charge in [0.1, 0.15) is 5.76 Å². The fourth-order valence-electron chi connectivity index (χ4n) is 3.80. The molecular weight excluding hydrogens is 326 g/mol. The molecule has 2 fully saturated rings. The maximum absolute atomic E-state index is 13.3. The lowest BCUT2D eigenvalue weighted by atomic mass is 10.1. The van der Waals surface area contributed by atoms with Gasteiger partial charge < -0.3 is 4.42 Å². The molecule has 2 saturated heterocycles. The Bertz CT molecular complexity index is 777. The van der Waals surface area contributed by atoms with E-state index >= 15 is 0 Å². The molecule has 24 heavy (non-hydrogen) atoms. The van der Waals surface area contributed by atoms with Crippen molar-refractivity contribution >= 4 is 10.2 Å². The van der Waals surface area contributed by atoms with Crippen molar-refractivity contribution in [3.8, 4) is 0 Å². The molecule has 0 radical (unpaired) electrons. The molecule has 0 spiro atoms. The van der Waals surface area contributed by atoms with E-state index in [2.05, 4.69) is 4.98 Å². The summed E-state index contributed by atoms with van der Waals surface area (Å²) in [4.78, 5) is 4.38. The molecule has 2 atom stereocenters. The molecule has 0 aromatic carbocycles. The minimum absolute atomic E-state index is 0.172. The first-order valence-corrected chi connectivity index (χ1v) is 9.80. The molecule has 0 aliphatic carbocycles. The maximum Gasteiger partial charge on any atom is 0.283 e. The SMILES string of the molecule is O=S(=O)(N1CCC[C@H]1c1ccccn1)N1CCC[C@H]1c1ccco1. The molecule has 4 heterocycles. The minimum atomic E-state index is -3.54. The van der Waals surface area contributed by atoms with Crippen molar-refractivity contribution in [3.05, 3.63) is 54.2 Å². The van der Waals surface area contributed by atoms with E-state index in [-0.39, 0.29) is 12.1 Å². The summed E-state index contributed by atoms with van der Waals surface area (Å²) in [5, 5.41) is 0. The number of rotatable bonds is 4. The number of aromatic nitrogens is 1. The van der Waals surface area contributed by atoms with Crippen molar-refractivity contribution in [2.45, 2.75) is 37.8 Å². The quantitative estimate of drug-likeness (QED) is 0.853. The van der Waals surface area contributed by atoms with Gasteiger partial charge >= 0.3 is 0 Å². The van der Waals surface area contributed by atoms with Crippen LogP contribution >= 0.6 is 0 Å². The minimum Gasteiger partial charge on any atom is -0.468 e. The van der Waals surface area contributed by atoms with E-state index in [0.717, 1.165) is 37.1 Å². The van der Waals surface area contributed by atoms with Gasteiger partial charge in [-0.3, -0.25) is 4.98 Å². The van der Waals surface area contributed by atoms with Crippen LogP contribution in [0.4, 0.5) is 0 Å². The maximum atomic E-state index is 13.3. The van der Waals surface area contributed by atoms with Gasteiger partial charge in [0.2, 0.25) is 0 Å². The Balaban J connectivity index is 1.64. The van der Waals surface area contributed by atoms with Gasteiger partial charge in [-0.2, -0.15) is 17.0 Å². The van der Waals surface area contributed by atoms with E-state index < -0.39 is 10.2 Å². The zero-order valence-electron chi connectivity index (χ0n) is 13.4. The van der Waals surface area contributed by atoms with Gasteiger partial charge in [-0.25, -0.2) is 0 Å². The van der Waals surface area contributed by atoms with Crippen molar-refractivity contribution < 1.29 is 12.8 Å². The van der Waals surface area contributed by atoms with Gasteiger partial charge in [0.15, 0.2) is 0 Å². The van der Waals surface area contributed by atoms with Crippen LogP contribution in [0.1, 0.15) is 49.2 Å². The molecule has 0 unspecified atom stereocenters. The van der Waals surface area contributed by atoms with Crippen molar-refractivity contribution in [1.82, 2.24) is 13.6 Å². The van der Waals surface area contributed by atoms with E-state index in [9.17, 15) is 8.42 Å². The van der Waals surface area contributed by atoms with E-state index in [0.29, 0.717) is 13.1 Å². The average Bonchev–Trinajstić information content (AvgIpc) is 3.35. The third-order valence-electron chi connectivity index (χ3n) is 4.90. The third kappa shape index (κ3) is 2.66. The first-order valence-electron chi connectivity index (χ1n) is 8.41. The highest BCUT2D eigenvalue weighted by Crippen LogP contribution is 2.40. The normalized spacial score (nSPS) is 26.2. The van der Waals surface area contributed by atoms with Crippen LogP contribution in [-0.4, -0.2) is 35.1 Å². The molecular formula is C17H21N3O3S.